The largest absolute Gasteiger partial charge is 0.324 e. The number of azo groups is 1. The van der Waals surface area contributed by atoms with Crippen LogP contribution in [0.4, 0.5) is 51.3 Å². The summed E-state index contributed by atoms with van der Waals surface area (Å²) in [7, 11) is -12.0. The van der Waals surface area contributed by atoms with Crippen LogP contribution >= 0.6 is 35.2 Å². The van der Waals surface area contributed by atoms with Crippen molar-refractivity contribution in [1.29, 1.82) is 5.26 Å². The molecule has 1 aromatic heterocycles. The summed E-state index contributed by atoms with van der Waals surface area (Å²) < 4.78 is 91.3. The van der Waals surface area contributed by atoms with Gasteiger partial charge in [0.2, 0.25) is 26.0 Å². The summed E-state index contributed by atoms with van der Waals surface area (Å²) in [4.78, 5) is 26.9. The number of aromatic nitrogens is 2. The molecule has 0 aliphatic carbocycles. The van der Waals surface area contributed by atoms with Gasteiger partial charge in [-0.25, -0.2) is 26.8 Å². The molecule has 68 heavy (non-hydrogen) atoms. The van der Waals surface area contributed by atoms with Crippen molar-refractivity contribution in [3.8, 4) is 11.8 Å². The molecule has 5 aromatic carbocycles. The monoisotopic (exact) mass is 1040 g/mol. The normalized spacial score (nSPS) is 11.8. The van der Waals surface area contributed by atoms with Gasteiger partial charge in [0.15, 0.2) is 5.82 Å². The fourth-order valence-corrected chi connectivity index (χ4v) is 9.13. The molecule has 6 N–H and O–H groups in total. The lowest BCUT2D eigenvalue weighted by Crippen LogP contribution is -2.13. The summed E-state index contributed by atoms with van der Waals surface area (Å²) in [6.45, 7) is 2.79. The van der Waals surface area contributed by atoms with Crippen molar-refractivity contribution in [3.05, 3.63) is 124 Å². The molecule has 354 valence electrons. The molecule has 0 spiro atoms. The van der Waals surface area contributed by atoms with Crippen LogP contribution in [-0.4, -0.2) is 69.2 Å². The van der Waals surface area contributed by atoms with Gasteiger partial charge in [0.1, 0.15) is 23.0 Å². The van der Waals surface area contributed by atoms with Crippen molar-refractivity contribution in [2.45, 2.75) is 23.6 Å². The highest BCUT2D eigenvalue weighted by Crippen LogP contribution is 2.41. The van der Waals surface area contributed by atoms with Crippen molar-refractivity contribution >= 4 is 129 Å². The topological polar surface area (TPSA) is 313 Å². The molecule has 0 aliphatic rings. The van der Waals surface area contributed by atoms with E-state index in [1.807, 2.05) is 6.07 Å². The van der Waals surface area contributed by atoms with Crippen molar-refractivity contribution in [2.24, 2.45) is 10.2 Å². The number of amides is 2. The van der Waals surface area contributed by atoms with E-state index in [1.54, 1.807) is 65.6 Å². The Balaban J connectivity index is 1.38. The van der Waals surface area contributed by atoms with E-state index >= 15 is 0 Å². The Hall–Kier alpha value is -6.64. The highest BCUT2D eigenvalue weighted by atomic mass is 35.5. The average Bonchev–Trinajstić information content (AvgIpc) is 3.55. The predicted octanol–water partition coefficient (Wildman–Crippen LogP) is 8.87. The number of rotatable bonds is 17. The molecular formula is C40H34Cl2N10O12S4. The Morgan fingerprint density at radius 2 is 1.35 bits per heavy atom. The van der Waals surface area contributed by atoms with Crippen molar-refractivity contribution in [3.63, 3.8) is 0 Å². The van der Waals surface area contributed by atoms with E-state index in [-0.39, 0.29) is 71.7 Å². The first-order valence-corrected chi connectivity index (χ1v) is 25.5. The van der Waals surface area contributed by atoms with E-state index in [9.17, 15) is 44.7 Å². The molecule has 6 rings (SSSR count). The first-order valence-electron chi connectivity index (χ1n) is 18.8. The maximum Gasteiger partial charge on any atom is 0.294 e. The second kappa shape index (κ2) is 20.7. The Bertz CT molecular complexity index is 3270. The minimum Gasteiger partial charge on any atom is -0.324 e. The van der Waals surface area contributed by atoms with Crippen LogP contribution in [0.2, 0.25) is 10.0 Å². The van der Waals surface area contributed by atoms with Gasteiger partial charge >= 0.3 is 0 Å². The lowest BCUT2D eigenvalue weighted by molar-refractivity contribution is -0.432. The van der Waals surface area contributed by atoms with Gasteiger partial charge in [-0.05, 0) is 104 Å². The standard InChI is InChI=1S/C40H34Cl2N10O12S4/c1-22-33(21-43)39(52(48-22)38-34(41)17-27(18-35(38)42)45-40(54)24-15-31(65-64-63-55)20-32(16-24)68(60,61)62)47-46-36-14-13-30(19-37(36)44-23(2)53)51(28-9-5-25(6-10-28)49-66(3,56)57)29-11-7-26(8-12-29)50-67(4,58)59/h5-20,49-50,55H,1-4H3,(H,44,53)(H,45,54)(H,60,61,62). The van der Waals surface area contributed by atoms with Crippen LogP contribution in [0, 0.1) is 18.3 Å². The average molecular weight is 1050 g/mol. The van der Waals surface area contributed by atoms with Crippen LogP contribution < -0.4 is 25.0 Å². The SMILES string of the molecule is CC(=O)Nc1cc(N(c2ccc(NS(C)(=O)=O)cc2)c2ccc(NS(C)(=O)=O)cc2)ccc1N=Nc1c(C#N)c(C)nn1-c1c(Cl)cc(NC(=O)c2cc(SOOO)cc(S(=O)(=O)O)c2)cc1Cl. The van der Waals surface area contributed by atoms with Gasteiger partial charge in [-0.2, -0.15) is 18.8 Å². The fraction of sp³-hybridized carbons (Fsp3) is 0.100. The number of nitrogens with one attached hydrogen (secondary N) is 4. The molecule has 0 atom stereocenters. The molecule has 0 saturated heterocycles. The van der Waals surface area contributed by atoms with Crippen LogP contribution in [0.5, 0.6) is 0 Å². The number of benzene rings is 5. The molecule has 0 radical (unpaired) electrons. The van der Waals surface area contributed by atoms with Crippen molar-refractivity contribution in [1.82, 2.24) is 9.78 Å². The summed E-state index contributed by atoms with van der Waals surface area (Å²) in [5.74, 6) is -1.52. The van der Waals surface area contributed by atoms with E-state index in [0.717, 1.165) is 29.3 Å². The summed E-state index contributed by atoms with van der Waals surface area (Å²) in [6, 6.07) is 25.0. The zero-order valence-corrected chi connectivity index (χ0v) is 40.1. The first-order chi connectivity index (χ1) is 31.9. The number of hydrogen-bond donors (Lipinski definition) is 6. The smallest absolute Gasteiger partial charge is 0.294 e. The van der Waals surface area contributed by atoms with Gasteiger partial charge in [0.25, 0.3) is 16.0 Å². The van der Waals surface area contributed by atoms with E-state index in [1.165, 1.54) is 38.1 Å². The Labute approximate surface area is 402 Å². The molecule has 28 heteroatoms. The third-order valence-electron chi connectivity index (χ3n) is 8.89. The second-order valence-electron chi connectivity index (χ2n) is 14.2. The molecular weight excluding hydrogens is 1010 g/mol. The number of carbonyl (C=O) groups is 2. The number of aryl methyl sites for hydroxylation is 1. The Morgan fingerprint density at radius 1 is 0.794 bits per heavy atom. The molecule has 0 fully saturated rings. The van der Waals surface area contributed by atoms with Gasteiger partial charge in [-0.15, -0.1) is 14.6 Å². The van der Waals surface area contributed by atoms with Gasteiger partial charge < -0.3 is 15.5 Å². The molecule has 0 aliphatic heterocycles. The summed E-state index contributed by atoms with van der Waals surface area (Å²) in [5, 5.41) is 40.4. The fourth-order valence-electron chi connectivity index (χ4n) is 6.27. The first kappa shape index (κ1) is 50.8. The highest BCUT2D eigenvalue weighted by Gasteiger charge is 2.24. The van der Waals surface area contributed by atoms with Crippen LogP contribution in [-0.2, 0) is 44.3 Å². The van der Waals surface area contributed by atoms with Crippen molar-refractivity contribution in [2.75, 3.05) is 37.5 Å². The van der Waals surface area contributed by atoms with Gasteiger partial charge in [-0.3, -0.25) is 23.6 Å². The highest BCUT2D eigenvalue weighted by molar-refractivity contribution is 7.94. The number of nitrogens with zero attached hydrogens (tertiary/aromatic N) is 6. The third-order valence-corrected chi connectivity index (χ3v) is 12.1. The quantitative estimate of drug-likeness (QED) is 0.0163. The lowest BCUT2D eigenvalue weighted by Gasteiger charge is -2.26. The van der Waals surface area contributed by atoms with E-state index < -0.39 is 46.9 Å². The van der Waals surface area contributed by atoms with Crippen molar-refractivity contribution < 1.29 is 54.0 Å². The second-order valence-corrected chi connectivity index (χ2v) is 20.7. The number of nitriles is 1. The molecule has 0 saturated carbocycles. The summed E-state index contributed by atoms with van der Waals surface area (Å²) >= 11 is 13.8. The van der Waals surface area contributed by atoms with Crippen LogP contribution in [0.1, 0.15) is 28.5 Å². The molecule has 22 nitrogen and oxygen atoms in total. The molecule has 0 unspecified atom stereocenters. The summed E-state index contributed by atoms with van der Waals surface area (Å²) in [6.07, 6.45) is 2.02. The molecule has 1 heterocycles. The Morgan fingerprint density at radius 3 is 1.85 bits per heavy atom. The van der Waals surface area contributed by atoms with Crippen LogP contribution in [0.3, 0.4) is 0 Å². The molecule has 0 bridgehead atoms. The maximum atomic E-state index is 13.3. The molecule has 6 aromatic rings. The minimum atomic E-state index is -4.80. The zero-order valence-electron chi connectivity index (χ0n) is 35.3. The molecule has 2 amide bonds. The maximum absolute atomic E-state index is 13.3. The third kappa shape index (κ3) is 12.9. The number of halogens is 2. The number of sulfonamides is 2. The lowest BCUT2D eigenvalue weighted by atomic mass is 10.1. The van der Waals surface area contributed by atoms with Crippen LogP contribution in [0.15, 0.2) is 117 Å². The zero-order chi connectivity index (χ0) is 49.7. The summed E-state index contributed by atoms with van der Waals surface area (Å²) in [5.41, 5.74) is 2.20. The van der Waals surface area contributed by atoms with Gasteiger partial charge in [-0.1, -0.05) is 28.2 Å². The Kier molecular flexibility index (Phi) is 15.5. The minimum absolute atomic E-state index is 0.00155. The predicted molar refractivity (Wildman–Crippen MR) is 254 cm³/mol. The number of hydrogen-bond acceptors (Lipinski definition) is 17. The van der Waals surface area contributed by atoms with Gasteiger partial charge in [0.05, 0.1) is 50.9 Å². The van der Waals surface area contributed by atoms with Crippen LogP contribution in [0.25, 0.3) is 5.69 Å². The number of carbonyl (C=O) groups excluding carboxylic acids is 2. The van der Waals surface area contributed by atoms with E-state index in [2.05, 4.69) is 44.8 Å². The van der Waals surface area contributed by atoms with E-state index in [0.29, 0.717) is 29.1 Å². The van der Waals surface area contributed by atoms with E-state index in [4.69, 9.17) is 28.5 Å². The van der Waals surface area contributed by atoms with Gasteiger partial charge in [0, 0.05) is 51.5 Å². The number of anilines is 7.